The summed E-state index contributed by atoms with van der Waals surface area (Å²) in [7, 11) is 0. The number of rotatable bonds is 1. The molecule has 2 rings (SSSR count). The molecular formula is C14H19ClN2O2. The molecule has 5 heteroatoms. The topological polar surface area (TPSA) is 50.4 Å². The van der Waals surface area contributed by atoms with Gasteiger partial charge in [0.2, 0.25) is 0 Å². The van der Waals surface area contributed by atoms with Gasteiger partial charge in [-0.2, -0.15) is 0 Å². The Morgan fingerprint density at radius 2 is 2.21 bits per heavy atom. The Morgan fingerprint density at radius 1 is 1.47 bits per heavy atom. The zero-order valence-corrected chi connectivity index (χ0v) is 12.2. The maximum Gasteiger partial charge on any atom is 0.408 e. The number of amides is 1. The molecule has 1 atom stereocenters. The first kappa shape index (κ1) is 14.0. The lowest BCUT2D eigenvalue weighted by atomic mass is 9.98. The SMILES string of the molecule is CC(C)(C)OC(=O)NC1CCNc2cc(Cl)ccc21. The van der Waals surface area contributed by atoms with Gasteiger partial charge in [0.05, 0.1) is 6.04 Å². The Bertz CT molecular complexity index is 483. The number of alkyl carbamates (subject to hydrolysis) is 1. The minimum Gasteiger partial charge on any atom is -0.444 e. The first-order chi connectivity index (χ1) is 8.85. The van der Waals surface area contributed by atoms with Gasteiger partial charge in [-0.25, -0.2) is 4.79 Å². The minimum atomic E-state index is -0.486. The lowest BCUT2D eigenvalue weighted by Crippen LogP contribution is -2.37. The van der Waals surface area contributed by atoms with E-state index in [1.54, 1.807) is 0 Å². The number of halogens is 1. The van der Waals surface area contributed by atoms with Crippen LogP contribution in [0.15, 0.2) is 18.2 Å². The zero-order chi connectivity index (χ0) is 14.0. The molecule has 1 aliphatic heterocycles. The van der Waals surface area contributed by atoms with Crippen LogP contribution in [0.1, 0.15) is 38.8 Å². The van der Waals surface area contributed by atoms with E-state index in [0.717, 1.165) is 24.2 Å². The summed E-state index contributed by atoms with van der Waals surface area (Å²) in [6.07, 6.45) is 0.439. The van der Waals surface area contributed by atoms with Gasteiger partial charge in [0.1, 0.15) is 5.60 Å². The van der Waals surface area contributed by atoms with Crippen LogP contribution in [0.4, 0.5) is 10.5 Å². The van der Waals surface area contributed by atoms with Crippen LogP contribution in [0.3, 0.4) is 0 Å². The van der Waals surface area contributed by atoms with Crippen molar-refractivity contribution in [1.82, 2.24) is 5.32 Å². The Labute approximate surface area is 118 Å². The second kappa shape index (κ2) is 5.29. The number of hydrogen-bond donors (Lipinski definition) is 2. The van der Waals surface area contributed by atoms with Gasteiger partial charge < -0.3 is 15.4 Å². The summed E-state index contributed by atoms with van der Waals surface area (Å²) < 4.78 is 5.28. The van der Waals surface area contributed by atoms with Gasteiger partial charge in [-0.15, -0.1) is 0 Å². The summed E-state index contributed by atoms with van der Waals surface area (Å²) in [5.74, 6) is 0. The normalized spacial score (nSPS) is 18.2. The van der Waals surface area contributed by atoms with Crippen molar-refractivity contribution in [1.29, 1.82) is 0 Å². The quantitative estimate of drug-likeness (QED) is 0.825. The lowest BCUT2D eigenvalue weighted by molar-refractivity contribution is 0.0501. The summed E-state index contributed by atoms with van der Waals surface area (Å²) in [6.45, 7) is 6.35. The molecule has 0 aromatic heterocycles. The highest BCUT2D eigenvalue weighted by Gasteiger charge is 2.24. The Morgan fingerprint density at radius 3 is 2.89 bits per heavy atom. The molecule has 0 aliphatic carbocycles. The van der Waals surface area contributed by atoms with Crippen LogP contribution in [0, 0.1) is 0 Å². The third-order valence-electron chi connectivity index (χ3n) is 2.83. The third-order valence-corrected chi connectivity index (χ3v) is 3.07. The van der Waals surface area contributed by atoms with Crippen LogP contribution in [0.5, 0.6) is 0 Å². The van der Waals surface area contributed by atoms with Crippen LogP contribution in [-0.2, 0) is 4.74 Å². The first-order valence-electron chi connectivity index (χ1n) is 6.38. The Kier molecular flexibility index (Phi) is 3.90. The molecule has 0 saturated carbocycles. The van der Waals surface area contributed by atoms with Gasteiger partial charge in [-0.1, -0.05) is 17.7 Å². The molecular weight excluding hydrogens is 264 g/mol. The van der Waals surface area contributed by atoms with Crippen LogP contribution in [0.2, 0.25) is 5.02 Å². The van der Waals surface area contributed by atoms with Crippen molar-refractivity contribution in [2.75, 3.05) is 11.9 Å². The highest BCUT2D eigenvalue weighted by atomic mass is 35.5. The summed E-state index contributed by atoms with van der Waals surface area (Å²) >= 11 is 5.97. The molecule has 0 saturated heterocycles. The van der Waals surface area contributed by atoms with E-state index in [2.05, 4.69) is 10.6 Å². The van der Waals surface area contributed by atoms with Gasteiger partial charge in [0.25, 0.3) is 0 Å². The molecule has 1 amide bonds. The monoisotopic (exact) mass is 282 g/mol. The Balaban J connectivity index is 2.09. The summed E-state index contributed by atoms with van der Waals surface area (Å²) in [5.41, 5.74) is 1.53. The molecule has 1 aliphatic rings. The van der Waals surface area contributed by atoms with E-state index in [0.29, 0.717) is 5.02 Å². The predicted molar refractivity (Wildman–Crippen MR) is 76.7 cm³/mol. The van der Waals surface area contributed by atoms with Crippen molar-refractivity contribution < 1.29 is 9.53 Å². The molecule has 1 unspecified atom stereocenters. The molecule has 104 valence electrons. The minimum absolute atomic E-state index is 0.0385. The Hall–Kier alpha value is -1.42. The molecule has 0 fully saturated rings. The van der Waals surface area contributed by atoms with Crippen molar-refractivity contribution in [2.24, 2.45) is 0 Å². The first-order valence-corrected chi connectivity index (χ1v) is 6.76. The van der Waals surface area contributed by atoms with Crippen molar-refractivity contribution in [3.63, 3.8) is 0 Å². The number of fused-ring (bicyclic) bond motifs is 1. The summed E-state index contributed by atoms with van der Waals surface area (Å²) in [6, 6.07) is 5.60. The highest BCUT2D eigenvalue weighted by Crippen LogP contribution is 2.32. The maximum absolute atomic E-state index is 11.8. The predicted octanol–water partition coefficient (Wildman–Crippen LogP) is 3.72. The molecule has 1 aromatic carbocycles. The van der Waals surface area contributed by atoms with Crippen LogP contribution >= 0.6 is 11.6 Å². The van der Waals surface area contributed by atoms with E-state index in [9.17, 15) is 4.79 Å². The summed E-state index contributed by atoms with van der Waals surface area (Å²) in [5, 5.41) is 6.87. The molecule has 0 radical (unpaired) electrons. The number of hydrogen-bond acceptors (Lipinski definition) is 3. The fourth-order valence-electron chi connectivity index (χ4n) is 2.09. The molecule has 19 heavy (non-hydrogen) atoms. The van der Waals surface area contributed by atoms with E-state index in [-0.39, 0.29) is 12.1 Å². The fourth-order valence-corrected chi connectivity index (χ4v) is 2.26. The zero-order valence-electron chi connectivity index (χ0n) is 11.4. The van der Waals surface area contributed by atoms with Crippen molar-refractivity contribution in [3.8, 4) is 0 Å². The van der Waals surface area contributed by atoms with Crippen molar-refractivity contribution in [3.05, 3.63) is 28.8 Å². The largest absolute Gasteiger partial charge is 0.444 e. The smallest absolute Gasteiger partial charge is 0.408 e. The molecule has 4 nitrogen and oxygen atoms in total. The average Bonchev–Trinajstić information content (AvgIpc) is 2.26. The lowest BCUT2D eigenvalue weighted by Gasteiger charge is -2.29. The van der Waals surface area contributed by atoms with Gasteiger partial charge in [0, 0.05) is 17.3 Å². The fraction of sp³-hybridized carbons (Fsp3) is 0.500. The number of anilines is 1. The van der Waals surface area contributed by atoms with Gasteiger partial charge in [-0.05, 0) is 44.9 Å². The van der Waals surface area contributed by atoms with E-state index in [4.69, 9.17) is 16.3 Å². The third kappa shape index (κ3) is 3.77. The maximum atomic E-state index is 11.8. The second-order valence-electron chi connectivity index (χ2n) is 5.65. The van der Waals surface area contributed by atoms with E-state index < -0.39 is 5.60 Å². The van der Waals surface area contributed by atoms with Crippen LogP contribution < -0.4 is 10.6 Å². The van der Waals surface area contributed by atoms with Gasteiger partial charge in [-0.3, -0.25) is 0 Å². The standard InChI is InChI=1S/C14H19ClN2O2/c1-14(2,3)19-13(18)17-11-6-7-16-12-8-9(15)4-5-10(11)12/h4-5,8,11,16H,6-7H2,1-3H3,(H,17,18). The highest BCUT2D eigenvalue weighted by molar-refractivity contribution is 6.30. The van der Waals surface area contributed by atoms with E-state index >= 15 is 0 Å². The number of ether oxygens (including phenoxy) is 1. The molecule has 0 bridgehead atoms. The molecule has 0 spiro atoms. The second-order valence-corrected chi connectivity index (χ2v) is 6.08. The summed E-state index contributed by atoms with van der Waals surface area (Å²) in [4.78, 5) is 11.8. The van der Waals surface area contributed by atoms with Crippen molar-refractivity contribution in [2.45, 2.75) is 38.8 Å². The van der Waals surface area contributed by atoms with E-state index in [1.807, 2.05) is 39.0 Å². The average molecular weight is 283 g/mol. The van der Waals surface area contributed by atoms with E-state index in [1.165, 1.54) is 0 Å². The molecule has 1 aromatic rings. The van der Waals surface area contributed by atoms with Gasteiger partial charge in [0.15, 0.2) is 0 Å². The van der Waals surface area contributed by atoms with Gasteiger partial charge >= 0.3 is 6.09 Å². The number of nitrogens with one attached hydrogen (secondary N) is 2. The molecule has 2 N–H and O–H groups in total. The van der Waals surface area contributed by atoms with Crippen LogP contribution in [0.25, 0.3) is 0 Å². The number of carbonyl (C=O) groups is 1. The number of benzene rings is 1. The van der Waals surface area contributed by atoms with Crippen molar-refractivity contribution >= 4 is 23.4 Å². The molecule has 1 heterocycles. The number of carbonyl (C=O) groups excluding carboxylic acids is 1. The van der Waals surface area contributed by atoms with Crippen LogP contribution in [-0.4, -0.2) is 18.2 Å².